The summed E-state index contributed by atoms with van der Waals surface area (Å²) in [5.74, 6) is 0.695. The van der Waals surface area contributed by atoms with Gasteiger partial charge in [0.1, 0.15) is 0 Å². The first-order chi connectivity index (χ1) is 7.89. The van der Waals surface area contributed by atoms with Crippen LogP contribution in [0.25, 0.3) is 0 Å². The van der Waals surface area contributed by atoms with Crippen LogP contribution in [-0.4, -0.2) is 12.6 Å². The molecule has 17 heavy (non-hydrogen) atoms. The van der Waals surface area contributed by atoms with Crippen molar-refractivity contribution < 1.29 is 0 Å². The Labute approximate surface area is 107 Å². The van der Waals surface area contributed by atoms with Gasteiger partial charge in [-0.1, -0.05) is 58.0 Å². The Kier molecular flexibility index (Phi) is 5.20. The predicted molar refractivity (Wildman–Crippen MR) is 76.2 cm³/mol. The summed E-state index contributed by atoms with van der Waals surface area (Å²) < 4.78 is 0. The molecular weight excluding hydrogens is 206 g/mol. The van der Waals surface area contributed by atoms with E-state index in [-0.39, 0.29) is 0 Å². The van der Waals surface area contributed by atoms with Gasteiger partial charge in [-0.15, -0.1) is 0 Å². The van der Waals surface area contributed by atoms with Crippen molar-refractivity contribution in [3.8, 4) is 0 Å². The molecule has 0 heterocycles. The Balaban J connectivity index is 2.33. The molecule has 96 valence electrons. The summed E-state index contributed by atoms with van der Waals surface area (Å²) >= 11 is 0. The van der Waals surface area contributed by atoms with Gasteiger partial charge in [-0.05, 0) is 36.8 Å². The second-order valence-corrected chi connectivity index (χ2v) is 6.27. The average molecular weight is 233 g/mol. The SMILES string of the molecule is CC(Cc1ccccc1)NCC(C)C(C)(C)C. The number of nitrogens with one attached hydrogen (secondary N) is 1. The predicted octanol–water partition coefficient (Wildman–Crippen LogP) is 3.89. The molecule has 1 rings (SSSR count). The lowest BCUT2D eigenvalue weighted by molar-refractivity contribution is 0.246. The molecule has 0 aliphatic carbocycles. The van der Waals surface area contributed by atoms with Crippen molar-refractivity contribution in [2.24, 2.45) is 11.3 Å². The molecule has 0 fully saturated rings. The lowest BCUT2D eigenvalue weighted by Gasteiger charge is -2.28. The Hall–Kier alpha value is -0.820. The summed E-state index contributed by atoms with van der Waals surface area (Å²) in [5, 5.41) is 3.64. The van der Waals surface area contributed by atoms with Crippen molar-refractivity contribution in [2.45, 2.75) is 47.1 Å². The Morgan fingerprint density at radius 3 is 2.18 bits per heavy atom. The maximum atomic E-state index is 3.64. The molecule has 0 aliphatic rings. The molecule has 0 radical (unpaired) electrons. The van der Waals surface area contributed by atoms with Crippen LogP contribution in [0, 0.1) is 11.3 Å². The van der Waals surface area contributed by atoms with Gasteiger partial charge in [0.15, 0.2) is 0 Å². The van der Waals surface area contributed by atoms with Gasteiger partial charge in [0.25, 0.3) is 0 Å². The molecule has 1 heteroatoms. The molecule has 1 aromatic rings. The lowest BCUT2D eigenvalue weighted by Crippen LogP contribution is -2.36. The molecule has 0 aliphatic heterocycles. The van der Waals surface area contributed by atoms with Gasteiger partial charge < -0.3 is 5.32 Å². The largest absolute Gasteiger partial charge is 0.314 e. The number of hydrogen-bond acceptors (Lipinski definition) is 1. The van der Waals surface area contributed by atoms with Crippen molar-refractivity contribution in [1.82, 2.24) is 5.32 Å². The van der Waals surface area contributed by atoms with Crippen molar-refractivity contribution >= 4 is 0 Å². The summed E-state index contributed by atoms with van der Waals surface area (Å²) in [7, 11) is 0. The molecule has 0 saturated heterocycles. The first-order valence-electron chi connectivity index (χ1n) is 6.67. The van der Waals surface area contributed by atoms with Gasteiger partial charge in [-0.3, -0.25) is 0 Å². The smallest absolute Gasteiger partial charge is 0.00792 e. The monoisotopic (exact) mass is 233 g/mol. The van der Waals surface area contributed by atoms with Gasteiger partial charge in [0.05, 0.1) is 0 Å². The van der Waals surface area contributed by atoms with E-state index in [9.17, 15) is 0 Å². The fraction of sp³-hybridized carbons (Fsp3) is 0.625. The Morgan fingerprint density at radius 1 is 1.06 bits per heavy atom. The highest BCUT2D eigenvalue weighted by molar-refractivity contribution is 5.15. The van der Waals surface area contributed by atoms with E-state index in [0.717, 1.165) is 13.0 Å². The van der Waals surface area contributed by atoms with Crippen LogP contribution >= 0.6 is 0 Å². The second-order valence-electron chi connectivity index (χ2n) is 6.27. The third kappa shape index (κ3) is 5.36. The highest BCUT2D eigenvalue weighted by Gasteiger charge is 2.19. The molecule has 2 atom stereocenters. The van der Waals surface area contributed by atoms with E-state index in [1.807, 2.05) is 0 Å². The highest BCUT2D eigenvalue weighted by atomic mass is 14.9. The van der Waals surface area contributed by atoms with E-state index in [1.54, 1.807) is 0 Å². The molecule has 1 aromatic carbocycles. The summed E-state index contributed by atoms with van der Waals surface area (Å²) in [4.78, 5) is 0. The first-order valence-corrected chi connectivity index (χ1v) is 6.67. The van der Waals surface area contributed by atoms with Crippen molar-refractivity contribution in [1.29, 1.82) is 0 Å². The highest BCUT2D eigenvalue weighted by Crippen LogP contribution is 2.24. The summed E-state index contributed by atoms with van der Waals surface area (Å²) in [6, 6.07) is 11.2. The molecule has 0 bridgehead atoms. The van der Waals surface area contributed by atoms with E-state index in [4.69, 9.17) is 0 Å². The maximum absolute atomic E-state index is 3.64. The zero-order chi connectivity index (χ0) is 12.9. The third-order valence-corrected chi connectivity index (χ3v) is 3.64. The maximum Gasteiger partial charge on any atom is 0.00792 e. The van der Waals surface area contributed by atoms with Crippen LogP contribution in [0.1, 0.15) is 40.2 Å². The van der Waals surface area contributed by atoms with Crippen molar-refractivity contribution in [3.05, 3.63) is 35.9 Å². The van der Waals surface area contributed by atoms with Gasteiger partial charge in [-0.25, -0.2) is 0 Å². The topological polar surface area (TPSA) is 12.0 Å². The molecule has 2 unspecified atom stereocenters. The molecule has 1 N–H and O–H groups in total. The number of benzene rings is 1. The van der Waals surface area contributed by atoms with E-state index in [0.29, 0.717) is 17.4 Å². The third-order valence-electron chi connectivity index (χ3n) is 3.64. The summed E-state index contributed by atoms with van der Waals surface area (Å²) in [6.45, 7) is 12.6. The minimum atomic E-state index is 0.388. The molecular formula is C16H27N. The van der Waals surface area contributed by atoms with E-state index < -0.39 is 0 Å². The van der Waals surface area contributed by atoms with Crippen LogP contribution in [0.2, 0.25) is 0 Å². The lowest BCUT2D eigenvalue weighted by atomic mass is 9.82. The van der Waals surface area contributed by atoms with E-state index >= 15 is 0 Å². The zero-order valence-corrected chi connectivity index (χ0v) is 12.0. The number of rotatable bonds is 5. The molecule has 0 amide bonds. The van der Waals surface area contributed by atoms with Crippen molar-refractivity contribution in [3.63, 3.8) is 0 Å². The Bertz CT molecular complexity index is 310. The first kappa shape index (κ1) is 14.2. The van der Waals surface area contributed by atoms with Gasteiger partial charge in [0, 0.05) is 6.04 Å². The van der Waals surface area contributed by atoms with Gasteiger partial charge in [0.2, 0.25) is 0 Å². The summed E-state index contributed by atoms with van der Waals surface area (Å²) in [5.41, 5.74) is 1.80. The molecule has 1 nitrogen and oxygen atoms in total. The zero-order valence-electron chi connectivity index (χ0n) is 12.0. The average Bonchev–Trinajstić information content (AvgIpc) is 2.26. The van der Waals surface area contributed by atoms with Crippen molar-refractivity contribution in [2.75, 3.05) is 6.54 Å². The van der Waals surface area contributed by atoms with Crippen LogP contribution in [0.4, 0.5) is 0 Å². The van der Waals surface area contributed by atoms with Crippen LogP contribution in [-0.2, 0) is 6.42 Å². The minimum Gasteiger partial charge on any atom is -0.314 e. The molecule has 0 spiro atoms. The summed E-state index contributed by atoms with van der Waals surface area (Å²) in [6.07, 6.45) is 1.11. The fourth-order valence-electron chi connectivity index (χ4n) is 1.72. The number of hydrogen-bond donors (Lipinski definition) is 1. The minimum absolute atomic E-state index is 0.388. The van der Waals surface area contributed by atoms with E-state index in [1.165, 1.54) is 5.56 Å². The van der Waals surface area contributed by atoms with Crippen LogP contribution < -0.4 is 5.32 Å². The second kappa shape index (κ2) is 6.20. The fourth-order valence-corrected chi connectivity index (χ4v) is 1.72. The van der Waals surface area contributed by atoms with Gasteiger partial charge in [-0.2, -0.15) is 0 Å². The normalized spacial score (nSPS) is 15.6. The molecule has 0 saturated carbocycles. The van der Waals surface area contributed by atoms with E-state index in [2.05, 4.69) is 70.3 Å². The standard InChI is InChI=1S/C16H27N/c1-13(16(3,4)5)12-17-14(2)11-15-9-7-6-8-10-15/h6-10,13-14,17H,11-12H2,1-5H3. The van der Waals surface area contributed by atoms with Crippen LogP contribution in [0.3, 0.4) is 0 Å². The Morgan fingerprint density at radius 2 is 1.65 bits per heavy atom. The van der Waals surface area contributed by atoms with Crippen LogP contribution in [0.15, 0.2) is 30.3 Å². The molecule has 0 aromatic heterocycles. The van der Waals surface area contributed by atoms with Gasteiger partial charge >= 0.3 is 0 Å². The quantitative estimate of drug-likeness (QED) is 0.813. The van der Waals surface area contributed by atoms with Crippen LogP contribution in [0.5, 0.6) is 0 Å².